The van der Waals surface area contributed by atoms with Crippen LogP contribution in [0.25, 0.3) is 0 Å². The number of carbonyl (C=O) groups excluding carboxylic acids is 1. The standard InChI is InChI=1S/C20H27ClN6O5/c1-14-17(12-24-25-19(14)30)32-16(2-8-28)13-31-9-3-18(29)26-4-6-27(7-5-26)20-22-10-15(21)11-23-20/h10-12,16,28H,2-9,13H2,1H3,(H,25,30)/t16-/m1/s1. The van der Waals surface area contributed by atoms with Crippen LogP contribution in [0.15, 0.2) is 23.4 Å². The number of hydrogen-bond donors (Lipinski definition) is 2. The Hall–Kier alpha value is -2.76. The van der Waals surface area contributed by atoms with E-state index in [9.17, 15) is 14.7 Å². The van der Waals surface area contributed by atoms with Crippen molar-refractivity contribution in [2.45, 2.75) is 25.9 Å². The Morgan fingerprint density at radius 2 is 1.97 bits per heavy atom. The predicted molar refractivity (Wildman–Crippen MR) is 117 cm³/mol. The zero-order chi connectivity index (χ0) is 22.9. The number of nitrogens with zero attached hydrogens (tertiary/aromatic N) is 5. The molecule has 1 atom stereocenters. The number of aliphatic hydroxyl groups is 1. The maximum Gasteiger partial charge on any atom is 0.270 e. The van der Waals surface area contributed by atoms with E-state index in [-0.39, 0.29) is 37.7 Å². The molecule has 0 unspecified atom stereocenters. The summed E-state index contributed by atoms with van der Waals surface area (Å²) in [5.74, 6) is 0.955. The van der Waals surface area contributed by atoms with Crippen molar-refractivity contribution in [3.05, 3.63) is 39.5 Å². The average Bonchev–Trinajstić information content (AvgIpc) is 2.80. The Bertz CT molecular complexity index is 933. The van der Waals surface area contributed by atoms with Gasteiger partial charge in [-0.3, -0.25) is 9.59 Å². The molecule has 0 spiro atoms. The molecule has 2 aromatic heterocycles. The summed E-state index contributed by atoms with van der Waals surface area (Å²) in [5, 5.41) is 15.8. The molecule has 12 heteroatoms. The molecule has 0 saturated carbocycles. The molecule has 3 heterocycles. The Morgan fingerprint density at radius 3 is 2.66 bits per heavy atom. The largest absolute Gasteiger partial charge is 0.486 e. The van der Waals surface area contributed by atoms with Gasteiger partial charge in [-0.25, -0.2) is 15.1 Å². The van der Waals surface area contributed by atoms with Crippen molar-refractivity contribution in [2.75, 3.05) is 50.9 Å². The molecule has 32 heavy (non-hydrogen) atoms. The number of hydrogen-bond acceptors (Lipinski definition) is 9. The van der Waals surface area contributed by atoms with E-state index in [2.05, 4.69) is 20.2 Å². The minimum Gasteiger partial charge on any atom is -0.486 e. The molecule has 3 rings (SSSR count). The van der Waals surface area contributed by atoms with Gasteiger partial charge in [0.15, 0.2) is 0 Å². The molecular weight excluding hydrogens is 440 g/mol. The van der Waals surface area contributed by atoms with Crippen LogP contribution in [0.1, 0.15) is 18.4 Å². The van der Waals surface area contributed by atoms with Crippen LogP contribution >= 0.6 is 11.6 Å². The van der Waals surface area contributed by atoms with Crippen LogP contribution in [-0.2, 0) is 9.53 Å². The third-order valence-electron chi connectivity index (χ3n) is 5.09. The summed E-state index contributed by atoms with van der Waals surface area (Å²) in [4.78, 5) is 36.4. The van der Waals surface area contributed by atoms with Gasteiger partial charge in [0.05, 0.1) is 48.8 Å². The highest BCUT2D eigenvalue weighted by Gasteiger charge is 2.22. The Morgan fingerprint density at radius 1 is 1.25 bits per heavy atom. The molecule has 0 radical (unpaired) electrons. The number of rotatable bonds is 10. The van der Waals surface area contributed by atoms with Crippen LogP contribution < -0.4 is 15.2 Å². The van der Waals surface area contributed by atoms with Crippen LogP contribution in [0.3, 0.4) is 0 Å². The Kier molecular flexibility index (Phi) is 8.77. The topological polar surface area (TPSA) is 134 Å². The van der Waals surface area contributed by atoms with Crippen molar-refractivity contribution in [3.63, 3.8) is 0 Å². The van der Waals surface area contributed by atoms with Crippen LogP contribution in [0.2, 0.25) is 5.02 Å². The third-order valence-corrected chi connectivity index (χ3v) is 5.28. The highest BCUT2D eigenvalue weighted by atomic mass is 35.5. The van der Waals surface area contributed by atoms with E-state index in [1.54, 1.807) is 24.2 Å². The summed E-state index contributed by atoms with van der Waals surface area (Å²) in [7, 11) is 0. The normalized spacial score (nSPS) is 15.0. The van der Waals surface area contributed by atoms with Crippen molar-refractivity contribution in [1.82, 2.24) is 25.1 Å². The van der Waals surface area contributed by atoms with Crippen LogP contribution in [0, 0.1) is 6.92 Å². The van der Waals surface area contributed by atoms with Gasteiger partial charge in [0.1, 0.15) is 11.9 Å². The summed E-state index contributed by atoms with van der Waals surface area (Å²) < 4.78 is 11.4. The number of ether oxygens (including phenoxy) is 2. The number of aliphatic hydroxyl groups excluding tert-OH is 1. The molecule has 2 N–H and O–H groups in total. The lowest BCUT2D eigenvalue weighted by atomic mass is 10.2. The summed E-state index contributed by atoms with van der Waals surface area (Å²) >= 11 is 5.82. The molecule has 0 aromatic carbocycles. The monoisotopic (exact) mass is 466 g/mol. The highest BCUT2D eigenvalue weighted by Crippen LogP contribution is 2.15. The zero-order valence-corrected chi connectivity index (χ0v) is 18.6. The average molecular weight is 467 g/mol. The van der Waals surface area contributed by atoms with Gasteiger partial charge < -0.3 is 24.4 Å². The van der Waals surface area contributed by atoms with Gasteiger partial charge in [-0.15, -0.1) is 0 Å². The summed E-state index contributed by atoms with van der Waals surface area (Å²) in [6.07, 6.45) is 4.64. The van der Waals surface area contributed by atoms with E-state index in [1.807, 2.05) is 4.90 Å². The second kappa shape index (κ2) is 11.7. The van der Waals surface area contributed by atoms with E-state index in [0.29, 0.717) is 54.9 Å². The van der Waals surface area contributed by atoms with Gasteiger partial charge in [0.25, 0.3) is 5.56 Å². The van der Waals surface area contributed by atoms with Gasteiger partial charge >= 0.3 is 0 Å². The van der Waals surface area contributed by atoms with E-state index >= 15 is 0 Å². The molecule has 1 saturated heterocycles. The van der Waals surface area contributed by atoms with Crippen molar-refractivity contribution in [3.8, 4) is 5.75 Å². The highest BCUT2D eigenvalue weighted by molar-refractivity contribution is 6.30. The van der Waals surface area contributed by atoms with Gasteiger partial charge in [-0.05, 0) is 6.92 Å². The molecule has 1 fully saturated rings. The first kappa shape index (κ1) is 23.9. The van der Waals surface area contributed by atoms with Crippen LogP contribution in [0.4, 0.5) is 5.95 Å². The quantitative estimate of drug-likeness (QED) is 0.477. The minimum atomic E-state index is -0.458. The number of nitrogens with one attached hydrogen (secondary N) is 1. The lowest BCUT2D eigenvalue weighted by Crippen LogP contribution is -2.49. The number of halogens is 1. The maximum atomic E-state index is 12.5. The first-order chi connectivity index (χ1) is 15.5. The molecular formula is C20H27ClN6O5. The molecule has 11 nitrogen and oxygen atoms in total. The Balaban J connectivity index is 1.39. The molecule has 1 amide bonds. The number of piperazine rings is 1. The van der Waals surface area contributed by atoms with E-state index in [1.165, 1.54) is 6.20 Å². The van der Waals surface area contributed by atoms with Gasteiger partial charge in [0.2, 0.25) is 11.9 Å². The Labute approximate surface area is 190 Å². The molecule has 174 valence electrons. The fraction of sp³-hybridized carbons (Fsp3) is 0.550. The summed E-state index contributed by atoms with van der Waals surface area (Å²) in [6.45, 7) is 4.40. The molecule has 1 aliphatic heterocycles. The molecule has 0 bridgehead atoms. The van der Waals surface area contributed by atoms with Crippen molar-refractivity contribution in [2.24, 2.45) is 0 Å². The first-order valence-electron chi connectivity index (χ1n) is 10.4. The number of H-pyrrole nitrogens is 1. The number of aromatic amines is 1. The summed E-state index contributed by atoms with van der Waals surface area (Å²) in [6, 6.07) is 0. The molecule has 1 aliphatic rings. The van der Waals surface area contributed by atoms with Gasteiger partial charge in [-0.1, -0.05) is 11.6 Å². The minimum absolute atomic E-state index is 0.0101. The van der Waals surface area contributed by atoms with E-state index in [4.69, 9.17) is 21.1 Å². The lowest BCUT2D eigenvalue weighted by molar-refractivity contribution is -0.132. The maximum absolute atomic E-state index is 12.5. The van der Waals surface area contributed by atoms with Crippen molar-refractivity contribution < 1.29 is 19.4 Å². The third kappa shape index (κ3) is 6.62. The lowest BCUT2D eigenvalue weighted by Gasteiger charge is -2.34. The number of carbonyl (C=O) groups is 1. The van der Waals surface area contributed by atoms with Crippen LogP contribution in [-0.4, -0.2) is 88.2 Å². The number of amides is 1. The van der Waals surface area contributed by atoms with E-state index in [0.717, 1.165) is 0 Å². The first-order valence-corrected chi connectivity index (χ1v) is 10.8. The zero-order valence-electron chi connectivity index (χ0n) is 17.9. The number of aromatic nitrogens is 4. The second-order valence-corrected chi connectivity index (χ2v) is 7.77. The number of anilines is 1. The fourth-order valence-electron chi connectivity index (χ4n) is 3.22. The van der Waals surface area contributed by atoms with Crippen molar-refractivity contribution in [1.29, 1.82) is 0 Å². The molecule has 2 aromatic rings. The van der Waals surface area contributed by atoms with E-state index < -0.39 is 6.10 Å². The predicted octanol–water partition coefficient (Wildman–Crippen LogP) is 0.407. The second-order valence-electron chi connectivity index (χ2n) is 7.33. The van der Waals surface area contributed by atoms with Crippen LogP contribution in [0.5, 0.6) is 5.75 Å². The SMILES string of the molecule is Cc1c(O[C@H](CCO)COCCC(=O)N2CCN(c3ncc(Cl)cn3)CC2)cn[nH]c1=O. The smallest absolute Gasteiger partial charge is 0.270 e. The summed E-state index contributed by atoms with van der Waals surface area (Å²) in [5.41, 5.74) is 0.0701. The van der Waals surface area contributed by atoms with Gasteiger partial charge in [0, 0.05) is 39.2 Å². The molecule has 0 aliphatic carbocycles. The van der Waals surface area contributed by atoms with Crippen molar-refractivity contribution >= 4 is 23.5 Å². The fourth-order valence-corrected chi connectivity index (χ4v) is 3.32. The van der Waals surface area contributed by atoms with Gasteiger partial charge in [-0.2, -0.15) is 5.10 Å².